The van der Waals surface area contributed by atoms with E-state index in [1.165, 1.54) is 5.56 Å². The van der Waals surface area contributed by atoms with E-state index >= 15 is 0 Å². The summed E-state index contributed by atoms with van der Waals surface area (Å²) in [6.07, 6.45) is 0.893. The monoisotopic (exact) mass is 377 g/mol. The second-order valence-corrected chi connectivity index (χ2v) is 6.61. The molecular weight excluding hydrogens is 354 g/mol. The van der Waals surface area contributed by atoms with Crippen LogP contribution in [-0.4, -0.2) is 17.8 Å². The molecule has 23 heavy (non-hydrogen) atoms. The maximum absolute atomic E-state index is 9.30. The lowest BCUT2D eigenvalue weighted by molar-refractivity contribution is 0.237. The number of nitrogens with one attached hydrogen (secondary N) is 1. The quantitative estimate of drug-likeness (QED) is 0.724. The van der Waals surface area contributed by atoms with Gasteiger partial charge in [0.2, 0.25) is 0 Å². The van der Waals surface area contributed by atoms with E-state index in [1.807, 2.05) is 18.2 Å². The lowest BCUT2D eigenvalue weighted by atomic mass is 10.1. The molecule has 0 aromatic heterocycles. The molecule has 124 valence electrons. The Labute approximate surface area is 146 Å². The zero-order chi connectivity index (χ0) is 16.7. The molecule has 2 aromatic rings. The van der Waals surface area contributed by atoms with Crippen molar-refractivity contribution in [1.82, 2.24) is 5.32 Å². The van der Waals surface area contributed by atoms with Crippen LogP contribution in [0.15, 0.2) is 46.9 Å². The van der Waals surface area contributed by atoms with Crippen molar-refractivity contribution >= 4 is 15.9 Å². The molecule has 0 aliphatic heterocycles. The van der Waals surface area contributed by atoms with Gasteiger partial charge < -0.3 is 15.2 Å². The number of halogens is 1. The molecule has 1 atom stereocenters. The first kappa shape index (κ1) is 18.0. The normalized spacial score (nSPS) is 12.2. The van der Waals surface area contributed by atoms with Crippen molar-refractivity contribution in [3.05, 3.63) is 63.6 Å². The summed E-state index contributed by atoms with van der Waals surface area (Å²) in [5, 5.41) is 12.7. The van der Waals surface area contributed by atoms with Crippen molar-refractivity contribution in [2.75, 3.05) is 6.61 Å². The molecule has 0 fully saturated rings. The molecule has 0 radical (unpaired) electrons. The van der Waals surface area contributed by atoms with Gasteiger partial charge in [-0.25, -0.2) is 0 Å². The van der Waals surface area contributed by atoms with E-state index < -0.39 is 0 Å². The molecule has 1 unspecified atom stereocenters. The molecule has 4 heteroatoms. The maximum Gasteiger partial charge on any atom is 0.124 e. The number of hydrogen-bond acceptors (Lipinski definition) is 3. The van der Waals surface area contributed by atoms with Crippen LogP contribution < -0.4 is 10.1 Å². The fourth-order valence-corrected chi connectivity index (χ4v) is 2.79. The van der Waals surface area contributed by atoms with Gasteiger partial charge >= 0.3 is 0 Å². The fraction of sp³-hybridized carbons (Fsp3) is 0.368. The van der Waals surface area contributed by atoms with Crippen molar-refractivity contribution in [2.45, 2.75) is 39.5 Å². The Kier molecular flexibility index (Phi) is 7.09. The second-order valence-electron chi connectivity index (χ2n) is 5.70. The summed E-state index contributed by atoms with van der Waals surface area (Å²) in [6, 6.07) is 14.5. The minimum atomic E-state index is 0.110. The largest absolute Gasteiger partial charge is 0.489 e. The van der Waals surface area contributed by atoms with Gasteiger partial charge in [0, 0.05) is 22.6 Å². The molecule has 0 spiro atoms. The summed E-state index contributed by atoms with van der Waals surface area (Å²) in [7, 11) is 0. The number of hydrogen-bond donors (Lipinski definition) is 2. The van der Waals surface area contributed by atoms with E-state index in [4.69, 9.17) is 4.74 Å². The van der Waals surface area contributed by atoms with E-state index in [9.17, 15) is 5.11 Å². The molecule has 0 saturated heterocycles. The number of benzene rings is 2. The lowest BCUT2D eigenvalue weighted by Crippen LogP contribution is -2.31. The molecular formula is C19H24BrNO2. The summed E-state index contributed by atoms with van der Waals surface area (Å²) >= 11 is 3.51. The number of rotatable bonds is 8. The molecule has 2 rings (SSSR count). The molecule has 2 N–H and O–H groups in total. The van der Waals surface area contributed by atoms with Crippen LogP contribution in [0, 0.1) is 6.92 Å². The van der Waals surface area contributed by atoms with E-state index in [0.717, 1.165) is 27.8 Å². The van der Waals surface area contributed by atoms with Gasteiger partial charge in [0.25, 0.3) is 0 Å². The number of aliphatic hydroxyl groups excluding tert-OH is 1. The zero-order valence-electron chi connectivity index (χ0n) is 13.7. The molecule has 0 aliphatic carbocycles. The first-order valence-electron chi connectivity index (χ1n) is 7.93. The Balaban J connectivity index is 2.05. The molecule has 0 amide bonds. The molecule has 0 heterocycles. The van der Waals surface area contributed by atoms with Crippen molar-refractivity contribution in [3.8, 4) is 5.75 Å². The number of aryl methyl sites for hydroxylation is 1. The molecule has 0 bridgehead atoms. The first-order valence-corrected chi connectivity index (χ1v) is 8.72. The summed E-state index contributed by atoms with van der Waals surface area (Å²) < 4.78 is 7.03. The highest BCUT2D eigenvalue weighted by atomic mass is 79.9. The van der Waals surface area contributed by atoms with Crippen LogP contribution >= 0.6 is 15.9 Å². The summed E-state index contributed by atoms with van der Waals surface area (Å²) in [4.78, 5) is 0. The van der Waals surface area contributed by atoms with E-state index in [1.54, 1.807) is 0 Å². The Morgan fingerprint density at radius 2 is 2.04 bits per heavy atom. The number of aliphatic hydroxyl groups is 1. The summed E-state index contributed by atoms with van der Waals surface area (Å²) in [5.74, 6) is 0.870. The van der Waals surface area contributed by atoms with Crippen molar-refractivity contribution in [1.29, 1.82) is 0 Å². The molecule has 2 aromatic carbocycles. The third-order valence-corrected chi connectivity index (χ3v) is 4.29. The maximum atomic E-state index is 9.30. The Bertz CT molecular complexity index is 627. The number of ether oxygens (including phenoxy) is 1. The Hall–Kier alpha value is -1.36. The molecule has 3 nitrogen and oxygen atoms in total. The lowest BCUT2D eigenvalue weighted by Gasteiger charge is -2.17. The second kappa shape index (κ2) is 9.06. The SMILES string of the molecule is CCC(CO)NCc1cc(Br)ccc1OCc1cccc(C)c1. The van der Waals surface area contributed by atoms with E-state index in [2.05, 4.69) is 59.4 Å². The van der Waals surface area contributed by atoms with Crippen molar-refractivity contribution in [2.24, 2.45) is 0 Å². The fourth-order valence-electron chi connectivity index (χ4n) is 2.38. The smallest absolute Gasteiger partial charge is 0.124 e. The van der Waals surface area contributed by atoms with Crippen LogP contribution in [0.1, 0.15) is 30.0 Å². The van der Waals surface area contributed by atoms with Crippen molar-refractivity contribution in [3.63, 3.8) is 0 Å². The third-order valence-electron chi connectivity index (χ3n) is 3.79. The van der Waals surface area contributed by atoms with Crippen LogP contribution in [0.2, 0.25) is 0 Å². The van der Waals surface area contributed by atoms with E-state index in [0.29, 0.717) is 13.2 Å². The molecule has 0 aliphatic rings. The highest BCUT2D eigenvalue weighted by molar-refractivity contribution is 9.10. The van der Waals surface area contributed by atoms with Gasteiger partial charge in [0.1, 0.15) is 12.4 Å². The van der Waals surface area contributed by atoms with Gasteiger partial charge in [0.05, 0.1) is 6.61 Å². The minimum Gasteiger partial charge on any atom is -0.489 e. The topological polar surface area (TPSA) is 41.5 Å². The highest BCUT2D eigenvalue weighted by Crippen LogP contribution is 2.24. The average molecular weight is 378 g/mol. The van der Waals surface area contributed by atoms with E-state index in [-0.39, 0.29) is 12.6 Å². The summed E-state index contributed by atoms with van der Waals surface area (Å²) in [5.41, 5.74) is 3.48. The predicted octanol–water partition coefficient (Wildman–Crippen LogP) is 4.20. The first-order chi connectivity index (χ1) is 11.1. The van der Waals surface area contributed by atoms with Crippen LogP contribution in [-0.2, 0) is 13.2 Å². The van der Waals surface area contributed by atoms with Gasteiger partial charge in [-0.3, -0.25) is 0 Å². The Morgan fingerprint density at radius 3 is 2.74 bits per heavy atom. The zero-order valence-corrected chi connectivity index (χ0v) is 15.3. The Morgan fingerprint density at radius 1 is 1.22 bits per heavy atom. The van der Waals surface area contributed by atoms with Gasteiger partial charge in [-0.1, -0.05) is 52.7 Å². The molecule has 0 saturated carbocycles. The minimum absolute atomic E-state index is 0.110. The van der Waals surface area contributed by atoms with Gasteiger partial charge in [0.15, 0.2) is 0 Å². The van der Waals surface area contributed by atoms with Crippen LogP contribution in [0.5, 0.6) is 5.75 Å². The standard InChI is InChI=1S/C19H24BrNO2/c1-3-18(12-22)21-11-16-10-17(20)7-8-19(16)23-13-15-6-4-5-14(2)9-15/h4-10,18,21-22H,3,11-13H2,1-2H3. The van der Waals surface area contributed by atoms with Gasteiger partial charge in [-0.15, -0.1) is 0 Å². The van der Waals surface area contributed by atoms with Crippen LogP contribution in [0.4, 0.5) is 0 Å². The predicted molar refractivity (Wildman–Crippen MR) is 97.7 cm³/mol. The highest BCUT2D eigenvalue weighted by Gasteiger charge is 2.09. The van der Waals surface area contributed by atoms with Crippen molar-refractivity contribution < 1.29 is 9.84 Å². The van der Waals surface area contributed by atoms with Gasteiger partial charge in [-0.05, 0) is 37.1 Å². The summed E-state index contributed by atoms with van der Waals surface area (Å²) in [6.45, 7) is 5.50. The average Bonchev–Trinajstić information content (AvgIpc) is 2.55. The van der Waals surface area contributed by atoms with Crippen LogP contribution in [0.25, 0.3) is 0 Å². The van der Waals surface area contributed by atoms with Gasteiger partial charge in [-0.2, -0.15) is 0 Å². The third kappa shape index (κ3) is 5.65. The van der Waals surface area contributed by atoms with Crippen LogP contribution in [0.3, 0.4) is 0 Å².